The minimum Gasteiger partial charge on any atom is -0.383 e. The van der Waals surface area contributed by atoms with E-state index < -0.39 is 8.72 Å². The van der Waals surface area contributed by atoms with E-state index in [-0.39, 0.29) is 0 Å². The van der Waals surface area contributed by atoms with Gasteiger partial charge in [0.1, 0.15) is 0 Å². The molecule has 0 spiro atoms. The van der Waals surface area contributed by atoms with Crippen LogP contribution in [-0.4, -0.2) is 39.1 Å². The maximum Gasteiger partial charge on any atom is 0.427 e. The first kappa shape index (κ1) is 11.6. The van der Waals surface area contributed by atoms with Crippen molar-refractivity contribution in [1.29, 1.82) is 0 Å². The molecule has 88 valence electrons. The highest BCUT2D eigenvalue weighted by molar-refractivity contribution is 6.64. The second kappa shape index (κ2) is 4.95. The number of hydrogen-bond donors (Lipinski definition) is 0. The van der Waals surface area contributed by atoms with Gasteiger partial charge in [-0.2, -0.15) is 0 Å². The van der Waals surface area contributed by atoms with Crippen LogP contribution >= 0.6 is 0 Å². The zero-order valence-electron chi connectivity index (χ0n) is 10.00. The maximum atomic E-state index is 6.07. The van der Waals surface area contributed by atoms with Gasteiger partial charge in [-0.25, -0.2) is 0 Å². The van der Waals surface area contributed by atoms with Gasteiger partial charge in [-0.1, -0.05) is 13.3 Å². The van der Waals surface area contributed by atoms with E-state index in [9.17, 15) is 0 Å². The number of hydrogen-bond acceptors (Lipinski definition) is 3. The highest BCUT2D eigenvalue weighted by Crippen LogP contribution is 2.33. The fraction of sp³-hybridized carbons (Fsp3) is 1.00. The predicted molar refractivity (Wildman–Crippen MR) is 62.8 cm³/mol. The van der Waals surface area contributed by atoms with Gasteiger partial charge in [0.2, 0.25) is 0 Å². The van der Waals surface area contributed by atoms with E-state index in [2.05, 4.69) is 18.4 Å². The Morgan fingerprint density at radius 2 is 2.20 bits per heavy atom. The normalized spacial score (nSPS) is 37.6. The summed E-state index contributed by atoms with van der Waals surface area (Å²) in [6.07, 6.45) is 5.27. The molecule has 0 aromatic carbocycles. The Kier molecular flexibility index (Phi) is 3.82. The Labute approximate surface area is 94.1 Å². The highest BCUT2D eigenvalue weighted by Gasteiger charge is 2.49. The van der Waals surface area contributed by atoms with E-state index in [1.807, 2.05) is 0 Å². The van der Waals surface area contributed by atoms with Gasteiger partial charge in [-0.3, -0.25) is 4.57 Å². The molecule has 2 atom stereocenters. The molecule has 2 heterocycles. The molecular formula is C11H23NO2Si. The number of nitrogens with zero attached hydrogens (tertiary/aromatic N) is 1. The van der Waals surface area contributed by atoms with E-state index >= 15 is 0 Å². The van der Waals surface area contributed by atoms with Crippen molar-refractivity contribution in [3.05, 3.63) is 0 Å². The Morgan fingerprint density at radius 3 is 2.93 bits per heavy atom. The molecule has 15 heavy (non-hydrogen) atoms. The first-order valence-electron chi connectivity index (χ1n) is 6.37. The van der Waals surface area contributed by atoms with Crippen molar-refractivity contribution in [2.75, 3.05) is 19.8 Å². The van der Waals surface area contributed by atoms with Crippen LogP contribution in [0.25, 0.3) is 0 Å². The smallest absolute Gasteiger partial charge is 0.383 e. The number of rotatable bonds is 3. The molecule has 0 saturated carbocycles. The van der Waals surface area contributed by atoms with Crippen LogP contribution in [0, 0.1) is 0 Å². The van der Waals surface area contributed by atoms with E-state index in [4.69, 9.17) is 8.85 Å². The SMILES string of the molecule is CCO[Si]1(CC)OCCC2CCCCN21. The van der Waals surface area contributed by atoms with Gasteiger partial charge in [-0.15, -0.1) is 0 Å². The molecule has 0 aromatic rings. The van der Waals surface area contributed by atoms with Crippen LogP contribution < -0.4 is 0 Å². The molecule has 2 unspecified atom stereocenters. The quantitative estimate of drug-likeness (QED) is 0.693. The summed E-state index contributed by atoms with van der Waals surface area (Å²) in [7, 11) is -1.99. The summed E-state index contributed by atoms with van der Waals surface area (Å²) in [5.74, 6) is 0. The molecule has 2 rings (SSSR count). The van der Waals surface area contributed by atoms with Gasteiger partial charge in [-0.05, 0) is 32.7 Å². The Morgan fingerprint density at radius 1 is 1.33 bits per heavy atom. The van der Waals surface area contributed by atoms with Crippen LogP contribution in [0.4, 0.5) is 0 Å². The molecule has 2 fully saturated rings. The van der Waals surface area contributed by atoms with Crippen molar-refractivity contribution in [2.45, 2.75) is 51.6 Å². The van der Waals surface area contributed by atoms with Crippen LogP contribution in [0.15, 0.2) is 0 Å². The first-order chi connectivity index (χ1) is 7.32. The van der Waals surface area contributed by atoms with E-state index in [0.717, 1.165) is 25.3 Å². The third-order valence-corrected chi connectivity index (χ3v) is 7.41. The lowest BCUT2D eigenvalue weighted by Gasteiger charge is -2.49. The van der Waals surface area contributed by atoms with Crippen LogP contribution in [0.5, 0.6) is 0 Å². The minimum absolute atomic E-state index is 0.755. The summed E-state index contributed by atoms with van der Waals surface area (Å²) < 4.78 is 14.7. The lowest BCUT2D eigenvalue weighted by molar-refractivity contribution is 0.0360. The predicted octanol–water partition coefficient (Wildman–Crippen LogP) is 2.26. The van der Waals surface area contributed by atoms with Gasteiger partial charge in [0, 0.05) is 25.3 Å². The third kappa shape index (κ3) is 2.13. The second-order valence-corrected chi connectivity index (χ2v) is 7.76. The molecule has 0 amide bonds. The van der Waals surface area contributed by atoms with Crippen molar-refractivity contribution in [2.24, 2.45) is 0 Å². The summed E-state index contributed by atoms with van der Waals surface area (Å²) in [4.78, 5) is 0. The van der Waals surface area contributed by atoms with Gasteiger partial charge >= 0.3 is 8.72 Å². The fourth-order valence-electron chi connectivity index (χ4n) is 2.94. The molecule has 4 heteroatoms. The molecule has 0 N–H and O–H groups in total. The van der Waals surface area contributed by atoms with Crippen molar-refractivity contribution in [3.63, 3.8) is 0 Å². The molecule has 0 aromatic heterocycles. The summed E-state index contributed by atoms with van der Waals surface area (Å²) in [5.41, 5.74) is 0. The number of fused-ring (bicyclic) bond motifs is 1. The van der Waals surface area contributed by atoms with Crippen LogP contribution in [-0.2, 0) is 8.85 Å². The maximum absolute atomic E-state index is 6.07. The Hall–Kier alpha value is 0.0969. The molecule has 2 aliphatic rings. The van der Waals surface area contributed by atoms with Crippen molar-refractivity contribution >= 4 is 8.72 Å². The van der Waals surface area contributed by atoms with Gasteiger partial charge < -0.3 is 8.85 Å². The van der Waals surface area contributed by atoms with Crippen molar-refractivity contribution < 1.29 is 8.85 Å². The lowest BCUT2D eigenvalue weighted by Crippen LogP contribution is -2.66. The van der Waals surface area contributed by atoms with Gasteiger partial charge in [0.05, 0.1) is 0 Å². The second-order valence-electron chi connectivity index (χ2n) is 4.48. The zero-order chi connectivity index (χ0) is 10.7. The molecule has 0 bridgehead atoms. The Bertz CT molecular complexity index is 209. The van der Waals surface area contributed by atoms with Crippen molar-refractivity contribution in [3.8, 4) is 0 Å². The highest BCUT2D eigenvalue weighted by atomic mass is 28.4. The topological polar surface area (TPSA) is 21.7 Å². The van der Waals surface area contributed by atoms with Crippen LogP contribution in [0.2, 0.25) is 6.04 Å². The number of piperidine rings is 1. The van der Waals surface area contributed by atoms with Crippen molar-refractivity contribution in [1.82, 2.24) is 4.57 Å². The molecular weight excluding hydrogens is 206 g/mol. The summed E-state index contributed by atoms with van der Waals surface area (Å²) >= 11 is 0. The zero-order valence-corrected chi connectivity index (χ0v) is 11.0. The van der Waals surface area contributed by atoms with Gasteiger partial charge in [0.25, 0.3) is 0 Å². The standard InChI is InChI=1S/C11H23NO2Si/c1-3-13-15(4-2)12-9-6-5-7-11(12)8-10-14-15/h11H,3-10H2,1-2H3. The lowest BCUT2D eigenvalue weighted by atomic mass is 10.0. The molecule has 0 radical (unpaired) electrons. The molecule has 2 aliphatic heterocycles. The Balaban J connectivity index is 2.13. The van der Waals surface area contributed by atoms with E-state index in [0.29, 0.717) is 0 Å². The molecule has 3 nitrogen and oxygen atoms in total. The van der Waals surface area contributed by atoms with Crippen LogP contribution in [0.3, 0.4) is 0 Å². The average molecular weight is 229 g/mol. The molecule has 2 saturated heterocycles. The summed E-state index contributed by atoms with van der Waals surface area (Å²) in [5, 5.41) is 0. The summed E-state index contributed by atoms with van der Waals surface area (Å²) in [6.45, 7) is 7.22. The third-order valence-electron chi connectivity index (χ3n) is 3.66. The summed E-state index contributed by atoms with van der Waals surface area (Å²) in [6, 6.07) is 1.82. The monoisotopic (exact) mass is 229 g/mol. The van der Waals surface area contributed by atoms with Crippen LogP contribution in [0.1, 0.15) is 39.5 Å². The van der Waals surface area contributed by atoms with E-state index in [1.165, 1.54) is 32.2 Å². The van der Waals surface area contributed by atoms with E-state index in [1.54, 1.807) is 0 Å². The minimum atomic E-state index is -1.99. The van der Waals surface area contributed by atoms with Gasteiger partial charge in [0.15, 0.2) is 0 Å². The largest absolute Gasteiger partial charge is 0.427 e. The average Bonchev–Trinajstić information content (AvgIpc) is 2.30. The molecule has 0 aliphatic carbocycles. The fourth-order valence-corrected chi connectivity index (χ4v) is 6.37. The first-order valence-corrected chi connectivity index (χ1v) is 8.34.